The van der Waals surface area contributed by atoms with E-state index in [1.807, 2.05) is 13.8 Å². The molecule has 0 atom stereocenters. The fourth-order valence-corrected chi connectivity index (χ4v) is 1.57. The zero-order valence-corrected chi connectivity index (χ0v) is 11.9. The lowest BCUT2D eigenvalue weighted by atomic mass is 10.2. The monoisotopic (exact) mass is 281 g/mol. The third-order valence-electron chi connectivity index (χ3n) is 2.35. The number of hydrogen-bond acceptors (Lipinski definition) is 6. The number of benzene rings is 1. The van der Waals surface area contributed by atoms with Crippen LogP contribution in [0.3, 0.4) is 0 Å². The maximum absolute atomic E-state index is 11.2. The van der Waals surface area contributed by atoms with Crippen LogP contribution in [0.2, 0.25) is 0 Å². The van der Waals surface area contributed by atoms with Crippen LogP contribution in [0.5, 0.6) is 11.5 Å². The molecule has 0 aromatic heterocycles. The number of rotatable bonds is 8. The molecule has 0 fully saturated rings. The summed E-state index contributed by atoms with van der Waals surface area (Å²) in [6.07, 6.45) is 2.24. The van der Waals surface area contributed by atoms with E-state index in [4.69, 9.17) is 9.47 Å². The second-order valence-electron chi connectivity index (χ2n) is 3.89. The summed E-state index contributed by atoms with van der Waals surface area (Å²) in [7, 11) is 1.65. The number of nitro groups is 1. The molecule has 0 aliphatic heterocycles. The molecule has 0 saturated heterocycles. The smallest absolute Gasteiger partial charge is 0.315 e. The van der Waals surface area contributed by atoms with Gasteiger partial charge in [0.05, 0.1) is 24.4 Å². The lowest BCUT2D eigenvalue weighted by Gasteiger charge is -2.12. The molecule has 0 radical (unpaired) electrons. The molecule has 0 aliphatic rings. The van der Waals surface area contributed by atoms with Gasteiger partial charge in [-0.15, -0.1) is 0 Å². The molecular weight excluding hydrogens is 262 g/mol. The van der Waals surface area contributed by atoms with Crippen LogP contribution in [0.15, 0.2) is 17.2 Å². The minimum Gasteiger partial charge on any atom is -0.490 e. The molecule has 0 saturated carbocycles. The van der Waals surface area contributed by atoms with Gasteiger partial charge in [0.15, 0.2) is 5.75 Å². The summed E-state index contributed by atoms with van der Waals surface area (Å²) in [5, 5.41) is 15.0. The molecule has 1 aromatic rings. The van der Waals surface area contributed by atoms with E-state index in [2.05, 4.69) is 10.5 Å². The van der Waals surface area contributed by atoms with E-state index in [-0.39, 0.29) is 11.4 Å². The van der Waals surface area contributed by atoms with Gasteiger partial charge in [0.25, 0.3) is 0 Å². The highest BCUT2D eigenvalue weighted by Crippen LogP contribution is 2.38. The Bertz CT molecular complexity index is 489. The summed E-state index contributed by atoms with van der Waals surface area (Å²) in [4.78, 5) is 10.7. The molecule has 0 bridgehead atoms. The van der Waals surface area contributed by atoms with Crippen molar-refractivity contribution in [3.05, 3.63) is 27.8 Å². The Morgan fingerprint density at radius 1 is 1.40 bits per heavy atom. The van der Waals surface area contributed by atoms with Crippen molar-refractivity contribution in [2.24, 2.45) is 5.10 Å². The minimum absolute atomic E-state index is 0.123. The van der Waals surface area contributed by atoms with Crippen LogP contribution in [0, 0.1) is 10.1 Å². The summed E-state index contributed by atoms with van der Waals surface area (Å²) in [5.74, 6) is 0.521. The van der Waals surface area contributed by atoms with Gasteiger partial charge in [-0.05, 0) is 19.4 Å². The van der Waals surface area contributed by atoms with Crippen molar-refractivity contribution < 1.29 is 14.4 Å². The van der Waals surface area contributed by atoms with Crippen molar-refractivity contribution in [2.45, 2.75) is 20.3 Å². The summed E-state index contributed by atoms with van der Waals surface area (Å²) >= 11 is 0. The average molecular weight is 281 g/mol. The SMILES string of the molecule is CCCOc1c(OCC)cc(/C=N/NC)cc1[N+](=O)[O-]. The number of hydrogen-bond donors (Lipinski definition) is 1. The molecule has 1 aromatic carbocycles. The summed E-state index contributed by atoms with van der Waals surface area (Å²) in [6.45, 7) is 4.53. The first kappa shape index (κ1) is 15.7. The molecule has 1 rings (SSSR count). The predicted octanol–water partition coefficient (Wildman–Crippen LogP) is 2.34. The summed E-state index contributed by atoms with van der Waals surface area (Å²) in [6, 6.07) is 3.08. The van der Waals surface area contributed by atoms with Crippen LogP contribution in [0.4, 0.5) is 5.69 Å². The molecule has 7 heteroatoms. The van der Waals surface area contributed by atoms with Crippen molar-refractivity contribution in [1.29, 1.82) is 0 Å². The first-order chi connectivity index (χ1) is 9.63. The van der Waals surface area contributed by atoms with Crippen LogP contribution >= 0.6 is 0 Å². The lowest BCUT2D eigenvalue weighted by Crippen LogP contribution is -2.05. The van der Waals surface area contributed by atoms with Crippen molar-refractivity contribution >= 4 is 11.9 Å². The van der Waals surface area contributed by atoms with Gasteiger partial charge in [0.2, 0.25) is 5.75 Å². The van der Waals surface area contributed by atoms with E-state index in [9.17, 15) is 10.1 Å². The molecule has 1 N–H and O–H groups in total. The fraction of sp³-hybridized carbons (Fsp3) is 0.462. The van der Waals surface area contributed by atoms with Crippen molar-refractivity contribution in [1.82, 2.24) is 5.43 Å². The van der Waals surface area contributed by atoms with Crippen molar-refractivity contribution in [2.75, 3.05) is 20.3 Å². The van der Waals surface area contributed by atoms with Crippen LogP contribution < -0.4 is 14.9 Å². The average Bonchev–Trinajstić information content (AvgIpc) is 2.43. The highest BCUT2D eigenvalue weighted by Gasteiger charge is 2.22. The first-order valence-electron chi connectivity index (χ1n) is 6.41. The molecule has 0 aliphatic carbocycles. The first-order valence-corrected chi connectivity index (χ1v) is 6.41. The van der Waals surface area contributed by atoms with E-state index in [0.717, 1.165) is 6.42 Å². The van der Waals surface area contributed by atoms with E-state index in [1.165, 1.54) is 12.3 Å². The molecule has 7 nitrogen and oxygen atoms in total. The third kappa shape index (κ3) is 4.11. The van der Waals surface area contributed by atoms with Crippen LogP contribution in [-0.2, 0) is 0 Å². The molecule has 0 heterocycles. The van der Waals surface area contributed by atoms with Crippen LogP contribution in [0.25, 0.3) is 0 Å². The standard InChI is InChI=1S/C13H19N3O4/c1-4-6-20-13-11(16(17)18)7-10(9-15-14-3)8-12(13)19-5-2/h7-9,14H,4-6H2,1-3H3/b15-9+. The van der Waals surface area contributed by atoms with Gasteiger partial charge >= 0.3 is 5.69 Å². The maximum atomic E-state index is 11.2. The molecule has 0 unspecified atom stereocenters. The predicted molar refractivity (Wildman–Crippen MR) is 76.7 cm³/mol. The molecule has 20 heavy (non-hydrogen) atoms. The van der Waals surface area contributed by atoms with E-state index < -0.39 is 4.92 Å². The zero-order valence-electron chi connectivity index (χ0n) is 11.9. The Morgan fingerprint density at radius 2 is 2.15 bits per heavy atom. The van der Waals surface area contributed by atoms with Crippen molar-refractivity contribution in [3.8, 4) is 11.5 Å². The largest absolute Gasteiger partial charge is 0.490 e. The Morgan fingerprint density at radius 3 is 2.70 bits per heavy atom. The number of nitrogens with zero attached hydrogens (tertiary/aromatic N) is 2. The van der Waals surface area contributed by atoms with E-state index >= 15 is 0 Å². The van der Waals surface area contributed by atoms with E-state index in [1.54, 1.807) is 13.1 Å². The molecular formula is C13H19N3O4. The second-order valence-corrected chi connectivity index (χ2v) is 3.89. The lowest BCUT2D eigenvalue weighted by molar-refractivity contribution is -0.386. The topological polar surface area (TPSA) is 86.0 Å². The van der Waals surface area contributed by atoms with Gasteiger partial charge in [-0.1, -0.05) is 6.92 Å². The highest BCUT2D eigenvalue weighted by molar-refractivity contribution is 5.83. The van der Waals surface area contributed by atoms with Gasteiger partial charge in [0.1, 0.15) is 0 Å². The maximum Gasteiger partial charge on any atom is 0.315 e. The van der Waals surface area contributed by atoms with Gasteiger partial charge in [0, 0.05) is 18.7 Å². The molecule has 110 valence electrons. The molecule has 0 amide bonds. The number of hydrazone groups is 1. The van der Waals surface area contributed by atoms with Gasteiger partial charge in [-0.3, -0.25) is 10.1 Å². The van der Waals surface area contributed by atoms with Crippen LogP contribution in [0.1, 0.15) is 25.8 Å². The summed E-state index contributed by atoms with van der Waals surface area (Å²) < 4.78 is 10.9. The van der Waals surface area contributed by atoms with Crippen molar-refractivity contribution in [3.63, 3.8) is 0 Å². The van der Waals surface area contributed by atoms with Gasteiger partial charge in [-0.25, -0.2) is 0 Å². The van der Waals surface area contributed by atoms with Gasteiger partial charge in [-0.2, -0.15) is 5.10 Å². The Balaban J connectivity index is 3.29. The van der Waals surface area contributed by atoms with E-state index in [0.29, 0.717) is 24.5 Å². The fourth-order valence-electron chi connectivity index (χ4n) is 1.57. The van der Waals surface area contributed by atoms with Gasteiger partial charge < -0.3 is 14.9 Å². The quantitative estimate of drug-likeness (QED) is 0.449. The minimum atomic E-state index is -0.482. The number of nitrogens with one attached hydrogen (secondary N) is 1. The summed E-state index contributed by atoms with van der Waals surface area (Å²) in [5.41, 5.74) is 3.04. The Labute approximate surface area is 117 Å². The van der Waals surface area contributed by atoms with Crippen LogP contribution in [-0.4, -0.2) is 31.4 Å². The zero-order chi connectivity index (χ0) is 15.0. The number of ether oxygens (including phenoxy) is 2. The Kier molecular flexibility index (Phi) is 6.28. The normalized spacial score (nSPS) is 10.6. The second kappa shape index (κ2) is 7.98. The number of nitro benzene ring substituents is 1. The third-order valence-corrected chi connectivity index (χ3v) is 2.35. The Hall–Kier alpha value is -2.31. The highest BCUT2D eigenvalue weighted by atomic mass is 16.6. The molecule has 0 spiro atoms.